The molecule has 1 aromatic carbocycles. The van der Waals surface area contributed by atoms with Crippen LogP contribution in [0.15, 0.2) is 30.4 Å². The fourth-order valence-electron chi connectivity index (χ4n) is 7.95. The lowest BCUT2D eigenvalue weighted by atomic mass is 9.74. The first-order valence-electron chi connectivity index (χ1n) is 15.5. The quantitative estimate of drug-likeness (QED) is 0.484. The predicted octanol–water partition coefficient (Wildman–Crippen LogP) is 3.72. The van der Waals surface area contributed by atoms with Crippen molar-refractivity contribution in [2.24, 2.45) is 11.8 Å². The third-order valence-electron chi connectivity index (χ3n) is 9.69. The maximum Gasteiger partial charge on any atom is 0.246 e. The first kappa shape index (κ1) is 27.5. The minimum atomic E-state index is -1.10. The summed E-state index contributed by atoms with van der Waals surface area (Å²) in [6.45, 7) is 7.59. The molecule has 5 atom stereocenters. The SMILES string of the molecule is Cc1cc(C)cc(NC(=O)[C@@H]2[C@@H]3C=C[C@]4(O3)[C@@H]2C(=O)N(CCCN2CCCCC2)[C@@H]4C(=O)NC2CCCCC2)c1. The van der Waals surface area contributed by atoms with E-state index >= 15 is 0 Å². The standard InChI is InChI=1S/C32H44N4O4/c1-21-18-22(2)20-24(19-21)34-29(37)26-25-12-13-32(40-25)27(26)31(39)36(17-9-16-35-14-7-4-8-15-35)28(32)30(38)33-23-10-5-3-6-11-23/h12-13,18-20,23,25-28H,3-11,14-17H2,1-2H3,(H,33,38)(H,34,37)/t25-,26+,27-,28+,32-/m0/s1. The Labute approximate surface area is 237 Å². The van der Waals surface area contributed by atoms with Gasteiger partial charge in [0.05, 0.1) is 17.9 Å². The van der Waals surface area contributed by atoms with E-state index in [1.165, 1.54) is 25.7 Å². The van der Waals surface area contributed by atoms with Gasteiger partial charge in [-0.15, -0.1) is 0 Å². The maximum atomic E-state index is 14.2. The molecule has 1 spiro atoms. The van der Waals surface area contributed by atoms with Crippen molar-refractivity contribution in [3.05, 3.63) is 41.5 Å². The van der Waals surface area contributed by atoms with E-state index in [2.05, 4.69) is 21.6 Å². The van der Waals surface area contributed by atoms with Crippen molar-refractivity contribution >= 4 is 23.4 Å². The highest BCUT2D eigenvalue weighted by Gasteiger charge is 2.72. The molecule has 3 saturated heterocycles. The van der Waals surface area contributed by atoms with Crippen LogP contribution in [0.5, 0.6) is 0 Å². The third kappa shape index (κ3) is 5.09. The van der Waals surface area contributed by atoms with Crippen molar-refractivity contribution in [1.82, 2.24) is 15.1 Å². The van der Waals surface area contributed by atoms with Crippen LogP contribution in [0.3, 0.4) is 0 Å². The zero-order valence-electron chi connectivity index (χ0n) is 24.0. The van der Waals surface area contributed by atoms with Crippen LogP contribution in [-0.2, 0) is 19.1 Å². The molecular formula is C32H44N4O4. The molecule has 8 nitrogen and oxygen atoms in total. The second-order valence-corrected chi connectivity index (χ2v) is 12.7. The predicted molar refractivity (Wildman–Crippen MR) is 154 cm³/mol. The average Bonchev–Trinajstić information content (AvgIpc) is 3.57. The number of fused-ring (bicyclic) bond motifs is 1. The molecule has 40 heavy (non-hydrogen) atoms. The molecule has 4 aliphatic heterocycles. The molecule has 3 amide bonds. The zero-order chi connectivity index (χ0) is 27.9. The number of anilines is 1. The molecule has 1 aromatic rings. The number of piperidine rings is 1. The van der Waals surface area contributed by atoms with Crippen molar-refractivity contribution < 1.29 is 19.1 Å². The van der Waals surface area contributed by atoms with Gasteiger partial charge < -0.3 is 25.2 Å². The molecule has 216 valence electrons. The summed E-state index contributed by atoms with van der Waals surface area (Å²) in [5, 5.41) is 6.34. The highest BCUT2D eigenvalue weighted by molar-refractivity contribution is 6.02. The van der Waals surface area contributed by atoms with Crippen molar-refractivity contribution in [2.75, 3.05) is 31.5 Å². The van der Waals surface area contributed by atoms with Crippen LogP contribution >= 0.6 is 0 Å². The molecule has 2 N–H and O–H groups in total. The summed E-state index contributed by atoms with van der Waals surface area (Å²) in [6.07, 6.45) is 13.2. The average molecular weight is 549 g/mol. The number of nitrogens with zero attached hydrogens (tertiary/aromatic N) is 2. The number of rotatable bonds is 8. The number of nitrogens with one attached hydrogen (secondary N) is 2. The monoisotopic (exact) mass is 548 g/mol. The van der Waals surface area contributed by atoms with Gasteiger partial charge in [-0.05, 0) is 88.8 Å². The van der Waals surface area contributed by atoms with E-state index in [9.17, 15) is 14.4 Å². The highest BCUT2D eigenvalue weighted by Crippen LogP contribution is 2.55. The van der Waals surface area contributed by atoms with E-state index in [0.717, 1.165) is 68.6 Å². The third-order valence-corrected chi connectivity index (χ3v) is 9.69. The Hall–Kier alpha value is -2.71. The summed E-state index contributed by atoms with van der Waals surface area (Å²) >= 11 is 0. The number of amides is 3. The Morgan fingerprint density at radius 3 is 2.38 bits per heavy atom. The van der Waals surface area contributed by atoms with E-state index in [-0.39, 0.29) is 23.8 Å². The molecule has 1 aliphatic carbocycles. The molecule has 0 radical (unpaired) electrons. The van der Waals surface area contributed by atoms with Gasteiger partial charge in [-0.1, -0.05) is 43.9 Å². The van der Waals surface area contributed by atoms with Crippen LogP contribution in [0.25, 0.3) is 0 Å². The van der Waals surface area contributed by atoms with Gasteiger partial charge in [0, 0.05) is 18.3 Å². The number of aryl methyl sites for hydroxylation is 2. The zero-order valence-corrected chi connectivity index (χ0v) is 24.0. The van der Waals surface area contributed by atoms with Crippen LogP contribution in [-0.4, -0.2) is 77.5 Å². The molecule has 4 fully saturated rings. The number of hydrogen-bond donors (Lipinski definition) is 2. The second-order valence-electron chi connectivity index (χ2n) is 12.7. The Morgan fingerprint density at radius 1 is 0.950 bits per heavy atom. The molecule has 8 heteroatoms. The number of carbonyl (C=O) groups is 3. The summed E-state index contributed by atoms with van der Waals surface area (Å²) in [6, 6.07) is 5.32. The lowest BCUT2D eigenvalue weighted by molar-refractivity contribution is -0.141. The fourth-order valence-corrected chi connectivity index (χ4v) is 7.95. The summed E-state index contributed by atoms with van der Waals surface area (Å²) in [4.78, 5) is 46.1. The Balaban J connectivity index is 1.24. The first-order valence-corrected chi connectivity index (χ1v) is 15.5. The second kappa shape index (κ2) is 11.3. The topological polar surface area (TPSA) is 91.0 Å². The lowest BCUT2D eigenvalue weighted by Crippen LogP contribution is -2.56. The van der Waals surface area contributed by atoms with E-state index in [1.54, 1.807) is 4.90 Å². The molecule has 2 bridgehead atoms. The normalized spacial score (nSPS) is 31.9. The van der Waals surface area contributed by atoms with Crippen molar-refractivity contribution in [3.8, 4) is 0 Å². The van der Waals surface area contributed by atoms with Gasteiger partial charge in [0.25, 0.3) is 0 Å². The van der Waals surface area contributed by atoms with Gasteiger partial charge in [0.2, 0.25) is 17.7 Å². The Kier molecular flexibility index (Phi) is 7.75. The fraction of sp³-hybridized carbons (Fsp3) is 0.656. The Bertz CT molecular complexity index is 1150. The van der Waals surface area contributed by atoms with Gasteiger partial charge >= 0.3 is 0 Å². The number of benzene rings is 1. The number of ether oxygens (including phenoxy) is 1. The number of hydrogen-bond acceptors (Lipinski definition) is 5. The van der Waals surface area contributed by atoms with Gasteiger partial charge in [-0.3, -0.25) is 14.4 Å². The van der Waals surface area contributed by atoms with Crippen LogP contribution < -0.4 is 10.6 Å². The first-order chi connectivity index (χ1) is 19.4. The Morgan fingerprint density at radius 2 is 1.65 bits per heavy atom. The molecule has 1 saturated carbocycles. The van der Waals surface area contributed by atoms with Crippen molar-refractivity contribution in [1.29, 1.82) is 0 Å². The summed E-state index contributed by atoms with van der Waals surface area (Å²) in [5.41, 5.74) is 1.74. The highest BCUT2D eigenvalue weighted by atomic mass is 16.5. The van der Waals surface area contributed by atoms with Crippen molar-refractivity contribution in [3.63, 3.8) is 0 Å². The van der Waals surface area contributed by atoms with E-state index in [4.69, 9.17) is 4.74 Å². The largest absolute Gasteiger partial charge is 0.359 e. The van der Waals surface area contributed by atoms with Gasteiger partial charge in [0.15, 0.2) is 0 Å². The smallest absolute Gasteiger partial charge is 0.246 e. The van der Waals surface area contributed by atoms with Gasteiger partial charge in [-0.25, -0.2) is 0 Å². The molecule has 0 unspecified atom stereocenters. The van der Waals surface area contributed by atoms with Gasteiger partial charge in [0.1, 0.15) is 11.6 Å². The summed E-state index contributed by atoms with van der Waals surface area (Å²) in [7, 11) is 0. The van der Waals surface area contributed by atoms with Crippen LogP contribution in [0.1, 0.15) is 68.9 Å². The maximum absolute atomic E-state index is 14.2. The lowest BCUT2D eigenvalue weighted by Gasteiger charge is -2.34. The number of likely N-dealkylation sites (tertiary alicyclic amines) is 2. The summed E-state index contributed by atoms with van der Waals surface area (Å²) in [5.74, 6) is -1.86. The van der Waals surface area contributed by atoms with Crippen LogP contribution in [0.2, 0.25) is 0 Å². The molecule has 6 rings (SSSR count). The van der Waals surface area contributed by atoms with Gasteiger partial charge in [-0.2, -0.15) is 0 Å². The minimum Gasteiger partial charge on any atom is -0.359 e. The van der Waals surface area contributed by atoms with Crippen LogP contribution in [0, 0.1) is 25.7 Å². The molecule has 0 aromatic heterocycles. The van der Waals surface area contributed by atoms with E-state index in [0.29, 0.717) is 6.54 Å². The number of carbonyl (C=O) groups excluding carboxylic acids is 3. The molecule has 5 aliphatic rings. The van der Waals surface area contributed by atoms with Crippen LogP contribution in [0.4, 0.5) is 5.69 Å². The molecule has 4 heterocycles. The summed E-state index contributed by atoms with van der Waals surface area (Å²) < 4.78 is 6.52. The van der Waals surface area contributed by atoms with E-state index < -0.39 is 29.6 Å². The van der Waals surface area contributed by atoms with Crippen molar-refractivity contribution in [2.45, 2.75) is 95.4 Å². The molecular weight excluding hydrogens is 504 g/mol. The minimum absolute atomic E-state index is 0.130. The van der Waals surface area contributed by atoms with E-state index in [1.807, 2.05) is 38.1 Å².